The van der Waals surface area contributed by atoms with Crippen LogP contribution >= 0.6 is 0 Å². The molecule has 1 aromatic heterocycles. The fourth-order valence-corrected chi connectivity index (χ4v) is 4.60. The van der Waals surface area contributed by atoms with Gasteiger partial charge >= 0.3 is 5.97 Å². The van der Waals surface area contributed by atoms with Gasteiger partial charge in [0, 0.05) is 41.0 Å². The third kappa shape index (κ3) is 5.61. The number of aromatic amines is 1. The second-order valence-corrected chi connectivity index (χ2v) is 8.83. The molecule has 3 aromatic rings. The number of carboxylic acids is 1. The number of nitrogens with one attached hydrogen (secondary N) is 2. The molecule has 0 aliphatic carbocycles. The molecule has 0 aliphatic heterocycles. The van der Waals surface area contributed by atoms with Crippen LogP contribution < -0.4 is 10.1 Å². The molecule has 2 unspecified atom stereocenters. The van der Waals surface area contributed by atoms with Gasteiger partial charge < -0.3 is 20.1 Å². The molecule has 3 rings (SSSR count). The number of aromatic carboxylic acids is 1. The monoisotopic (exact) mass is 464 g/mol. The van der Waals surface area contributed by atoms with Gasteiger partial charge in [-0.25, -0.2) is 4.79 Å². The number of rotatable bonds is 12. The largest absolute Gasteiger partial charge is 0.496 e. The highest BCUT2D eigenvalue weighted by Gasteiger charge is 2.23. The zero-order chi connectivity index (χ0) is 24.7. The summed E-state index contributed by atoms with van der Waals surface area (Å²) in [5.41, 5.74) is 4.53. The Kier molecular flexibility index (Phi) is 8.74. The molecular weight excluding hydrogens is 428 g/mol. The van der Waals surface area contributed by atoms with Crippen LogP contribution in [0.2, 0.25) is 0 Å². The molecule has 6 nitrogen and oxygen atoms in total. The van der Waals surface area contributed by atoms with Crippen molar-refractivity contribution in [2.75, 3.05) is 13.7 Å². The standard InChI is InChI=1S/C28H36N2O4/c1-5-8-21(22-11-10-20(28(32)33)16-26(22)34-4)24-17-30-25-12-9-18(15-23(24)25)14-19(7-3)27(31)29-13-6-2/h9-12,15-17,19,21,30H,5-8,13-14H2,1-4H3,(H,29,31)(H,32,33). The van der Waals surface area contributed by atoms with E-state index in [1.54, 1.807) is 19.2 Å². The summed E-state index contributed by atoms with van der Waals surface area (Å²) >= 11 is 0. The van der Waals surface area contributed by atoms with Gasteiger partial charge in [0.1, 0.15) is 5.75 Å². The van der Waals surface area contributed by atoms with E-state index in [9.17, 15) is 14.7 Å². The number of methoxy groups -OCH3 is 1. The van der Waals surface area contributed by atoms with Gasteiger partial charge in [-0.2, -0.15) is 0 Å². The number of carbonyl (C=O) groups is 2. The van der Waals surface area contributed by atoms with Crippen molar-refractivity contribution in [3.63, 3.8) is 0 Å². The van der Waals surface area contributed by atoms with E-state index in [1.165, 1.54) is 0 Å². The number of H-pyrrole nitrogens is 1. The van der Waals surface area contributed by atoms with Crippen molar-refractivity contribution in [1.29, 1.82) is 0 Å². The summed E-state index contributed by atoms with van der Waals surface area (Å²) in [5.74, 6) is -0.265. The number of ether oxygens (including phenoxy) is 1. The van der Waals surface area contributed by atoms with Crippen LogP contribution in [0.3, 0.4) is 0 Å². The summed E-state index contributed by atoms with van der Waals surface area (Å²) in [6.07, 6.45) is 6.33. The van der Waals surface area contributed by atoms with E-state index in [1.807, 2.05) is 12.3 Å². The van der Waals surface area contributed by atoms with Crippen LogP contribution in [-0.4, -0.2) is 35.6 Å². The fourth-order valence-electron chi connectivity index (χ4n) is 4.60. The third-order valence-electron chi connectivity index (χ3n) is 6.48. The number of carbonyl (C=O) groups excluding carboxylic acids is 1. The fraction of sp³-hybridized carbons (Fsp3) is 0.429. The second kappa shape index (κ2) is 11.7. The first-order valence-corrected chi connectivity index (χ1v) is 12.2. The summed E-state index contributed by atoms with van der Waals surface area (Å²) < 4.78 is 5.61. The lowest BCUT2D eigenvalue weighted by molar-refractivity contribution is -0.125. The maximum atomic E-state index is 12.6. The lowest BCUT2D eigenvalue weighted by Gasteiger charge is -2.20. The lowest BCUT2D eigenvalue weighted by atomic mass is 9.85. The third-order valence-corrected chi connectivity index (χ3v) is 6.48. The van der Waals surface area contributed by atoms with E-state index in [4.69, 9.17) is 4.74 Å². The highest BCUT2D eigenvalue weighted by Crippen LogP contribution is 2.39. The average Bonchev–Trinajstić information content (AvgIpc) is 3.26. The predicted octanol–water partition coefficient (Wildman–Crippen LogP) is 5.90. The Hall–Kier alpha value is -3.28. The highest BCUT2D eigenvalue weighted by atomic mass is 16.5. The second-order valence-electron chi connectivity index (χ2n) is 8.83. The summed E-state index contributed by atoms with van der Waals surface area (Å²) in [5, 5.41) is 13.5. The van der Waals surface area contributed by atoms with E-state index < -0.39 is 5.97 Å². The quantitative estimate of drug-likeness (QED) is 0.311. The Labute approximate surface area is 201 Å². The number of hydrogen-bond acceptors (Lipinski definition) is 3. The molecule has 6 heteroatoms. The van der Waals surface area contributed by atoms with Crippen LogP contribution in [0, 0.1) is 5.92 Å². The molecule has 34 heavy (non-hydrogen) atoms. The molecule has 0 spiro atoms. The Morgan fingerprint density at radius 1 is 1.06 bits per heavy atom. The van der Waals surface area contributed by atoms with Crippen molar-refractivity contribution in [3.05, 3.63) is 64.8 Å². The van der Waals surface area contributed by atoms with Crippen molar-refractivity contribution in [3.8, 4) is 5.75 Å². The number of carboxylic acid groups (broad SMARTS) is 1. The highest BCUT2D eigenvalue weighted by molar-refractivity contribution is 5.89. The maximum Gasteiger partial charge on any atom is 0.335 e. The van der Waals surface area contributed by atoms with Crippen molar-refractivity contribution in [2.45, 2.75) is 58.8 Å². The maximum absolute atomic E-state index is 12.6. The van der Waals surface area contributed by atoms with Gasteiger partial charge in [0.25, 0.3) is 0 Å². The summed E-state index contributed by atoms with van der Waals surface area (Å²) in [4.78, 5) is 27.4. The van der Waals surface area contributed by atoms with Crippen LogP contribution in [-0.2, 0) is 11.2 Å². The molecule has 0 saturated heterocycles. The molecule has 0 aliphatic rings. The van der Waals surface area contributed by atoms with E-state index in [0.29, 0.717) is 18.7 Å². The summed E-state index contributed by atoms with van der Waals surface area (Å²) in [6, 6.07) is 11.5. The molecule has 1 amide bonds. The van der Waals surface area contributed by atoms with Gasteiger partial charge in [-0.15, -0.1) is 0 Å². The van der Waals surface area contributed by atoms with Crippen molar-refractivity contribution in [1.82, 2.24) is 10.3 Å². The molecule has 182 valence electrons. The average molecular weight is 465 g/mol. The predicted molar refractivity (Wildman–Crippen MR) is 136 cm³/mol. The van der Waals surface area contributed by atoms with E-state index in [0.717, 1.165) is 53.3 Å². The molecule has 0 saturated carbocycles. The first-order chi connectivity index (χ1) is 16.4. The van der Waals surface area contributed by atoms with Crippen LogP contribution in [0.15, 0.2) is 42.6 Å². The van der Waals surface area contributed by atoms with Crippen LogP contribution in [0.4, 0.5) is 0 Å². The molecule has 1 heterocycles. The van der Waals surface area contributed by atoms with Gasteiger partial charge in [0.05, 0.1) is 12.7 Å². The van der Waals surface area contributed by atoms with Crippen molar-refractivity contribution >= 4 is 22.8 Å². The molecule has 0 radical (unpaired) electrons. The van der Waals surface area contributed by atoms with Crippen molar-refractivity contribution < 1.29 is 19.4 Å². The van der Waals surface area contributed by atoms with Crippen LogP contribution in [0.1, 0.15) is 79.4 Å². The van der Waals surface area contributed by atoms with Gasteiger partial charge in [-0.05, 0) is 61.1 Å². The Morgan fingerprint density at radius 3 is 2.50 bits per heavy atom. The van der Waals surface area contributed by atoms with Crippen LogP contribution in [0.25, 0.3) is 10.9 Å². The molecule has 2 atom stereocenters. The van der Waals surface area contributed by atoms with Crippen molar-refractivity contribution in [2.24, 2.45) is 5.92 Å². The van der Waals surface area contributed by atoms with Gasteiger partial charge in [0.15, 0.2) is 0 Å². The summed E-state index contributed by atoms with van der Waals surface area (Å²) in [6.45, 7) is 6.96. The molecular formula is C28H36N2O4. The van der Waals surface area contributed by atoms with E-state index >= 15 is 0 Å². The minimum Gasteiger partial charge on any atom is -0.496 e. The number of benzene rings is 2. The summed E-state index contributed by atoms with van der Waals surface area (Å²) in [7, 11) is 1.58. The number of amides is 1. The van der Waals surface area contributed by atoms with Crippen LogP contribution in [0.5, 0.6) is 5.75 Å². The van der Waals surface area contributed by atoms with E-state index in [-0.39, 0.29) is 23.3 Å². The topological polar surface area (TPSA) is 91.4 Å². The molecule has 3 N–H and O–H groups in total. The zero-order valence-corrected chi connectivity index (χ0v) is 20.6. The minimum absolute atomic E-state index is 0.0542. The smallest absolute Gasteiger partial charge is 0.335 e. The molecule has 2 aromatic carbocycles. The molecule has 0 fully saturated rings. The first kappa shape index (κ1) is 25.3. The first-order valence-electron chi connectivity index (χ1n) is 12.2. The van der Waals surface area contributed by atoms with Gasteiger partial charge in [-0.1, -0.05) is 39.3 Å². The number of fused-ring (bicyclic) bond motifs is 1. The zero-order valence-electron chi connectivity index (χ0n) is 20.6. The SMILES string of the molecule is CCCNC(=O)C(CC)Cc1ccc2[nH]cc(C(CCC)c3ccc(C(=O)O)cc3OC)c2c1. The van der Waals surface area contributed by atoms with E-state index in [2.05, 4.69) is 49.3 Å². The number of aromatic nitrogens is 1. The van der Waals surface area contributed by atoms with Gasteiger partial charge in [0.2, 0.25) is 5.91 Å². The number of hydrogen-bond donors (Lipinski definition) is 3. The van der Waals surface area contributed by atoms with Gasteiger partial charge in [-0.3, -0.25) is 4.79 Å². The lowest BCUT2D eigenvalue weighted by Crippen LogP contribution is -2.32. The Bertz CT molecular complexity index is 1130. The molecule has 0 bridgehead atoms. The Morgan fingerprint density at radius 2 is 1.85 bits per heavy atom. The minimum atomic E-state index is -0.970. The Balaban J connectivity index is 1.99. The normalized spacial score (nSPS) is 12.9.